The lowest BCUT2D eigenvalue weighted by Crippen LogP contribution is -2.55. The highest BCUT2D eigenvalue weighted by Gasteiger charge is 2.50. The summed E-state index contributed by atoms with van der Waals surface area (Å²) in [5, 5.41) is 21.9. The van der Waals surface area contributed by atoms with Crippen molar-refractivity contribution in [1.29, 1.82) is 0 Å². The average Bonchev–Trinajstić information content (AvgIpc) is 2.44. The first-order chi connectivity index (χ1) is 11.3. The van der Waals surface area contributed by atoms with Crippen LogP contribution in [-0.4, -0.2) is 41.6 Å². The Bertz CT molecular complexity index is 782. The van der Waals surface area contributed by atoms with E-state index < -0.39 is 43.5 Å². The maximum absolute atomic E-state index is 14.3. The number of carboxylic acid groups (broad SMARTS) is 1. The quantitative estimate of drug-likeness (QED) is 0.461. The number of nitrogens with zero attached hydrogens (tertiary/aromatic N) is 2. The van der Waals surface area contributed by atoms with E-state index in [1.807, 2.05) is 5.32 Å². The van der Waals surface area contributed by atoms with Crippen molar-refractivity contribution < 1.29 is 28.3 Å². The highest BCUT2D eigenvalue weighted by molar-refractivity contribution is 8.26. The molecule has 9 nitrogen and oxygen atoms in total. The van der Waals surface area contributed by atoms with E-state index in [9.17, 15) is 28.4 Å². The molecule has 1 amide bonds. The van der Waals surface area contributed by atoms with Crippen LogP contribution in [0.3, 0.4) is 0 Å². The highest BCUT2D eigenvalue weighted by Crippen LogP contribution is 2.59. The van der Waals surface area contributed by atoms with E-state index in [1.165, 1.54) is 20.8 Å². The number of amides is 1. The summed E-state index contributed by atoms with van der Waals surface area (Å²) in [5.74, 6) is -1.48. The van der Waals surface area contributed by atoms with Crippen LogP contribution in [0.1, 0.15) is 26.3 Å². The molecule has 0 aliphatic carbocycles. The van der Waals surface area contributed by atoms with Crippen molar-refractivity contribution in [3.05, 3.63) is 39.7 Å². The molecular formula is C14H18FN3O6S. The molecule has 1 heterocycles. The fourth-order valence-electron chi connectivity index (χ4n) is 2.60. The largest absolute Gasteiger partial charge is 0.465 e. The van der Waals surface area contributed by atoms with Gasteiger partial charge in [-0.25, -0.2) is 9.18 Å². The Hall–Kier alpha value is -2.24. The summed E-state index contributed by atoms with van der Waals surface area (Å²) in [5.41, 5.74) is -2.20. The van der Waals surface area contributed by atoms with Gasteiger partial charge < -0.3 is 5.11 Å². The van der Waals surface area contributed by atoms with Crippen LogP contribution in [0.5, 0.6) is 0 Å². The van der Waals surface area contributed by atoms with Crippen molar-refractivity contribution >= 4 is 28.2 Å². The number of nitrogens with one attached hydrogen (secondary N) is 1. The molecule has 25 heavy (non-hydrogen) atoms. The number of aliphatic imine (C=N–C) groups is 1. The maximum atomic E-state index is 14.3. The summed E-state index contributed by atoms with van der Waals surface area (Å²) in [6.45, 7) is 4.17. The van der Waals surface area contributed by atoms with E-state index in [1.54, 1.807) is 0 Å². The molecule has 0 spiro atoms. The molecular weight excluding hydrogens is 357 g/mol. The standard InChI is InChI=1S/C14H18FN3O6S/c1-13(2)11(16-12(19)20)17-14(3,7-25(13,23)24)9-6-8(18(21)22)4-5-10(9)15/h4-6,23-24H,7H2,1-3H3,(H,16,17)(H,19,20). The third-order valence-corrected chi connectivity index (χ3v) is 6.99. The molecule has 1 atom stereocenters. The first-order valence-electron chi connectivity index (χ1n) is 7.10. The minimum atomic E-state index is -3.45. The molecule has 1 unspecified atom stereocenters. The van der Waals surface area contributed by atoms with Crippen LogP contribution in [0, 0.1) is 15.9 Å². The predicted molar refractivity (Wildman–Crippen MR) is 90.8 cm³/mol. The van der Waals surface area contributed by atoms with Gasteiger partial charge in [-0.15, -0.1) is 0 Å². The molecule has 0 saturated carbocycles. The van der Waals surface area contributed by atoms with Gasteiger partial charge in [-0.05, 0) is 26.8 Å². The molecule has 0 radical (unpaired) electrons. The second-order valence-corrected chi connectivity index (χ2v) is 9.05. The summed E-state index contributed by atoms with van der Waals surface area (Å²) in [6, 6.07) is 2.84. The third-order valence-electron chi connectivity index (χ3n) is 4.19. The van der Waals surface area contributed by atoms with Crippen LogP contribution in [0.2, 0.25) is 0 Å². The topological polar surface area (TPSA) is 145 Å². The molecule has 2 rings (SSSR count). The van der Waals surface area contributed by atoms with Gasteiger partial charge in [0.25, 0.3) is 5.69 Å². The van der Waals surface area contributed by atoms with Crippen molar-refractivity contribution in [3.63, 3.8) is 0 Å². The highest BCUT2D eigenvalue weighted by atomic mass is 32.3. The van der Waals surface area contributed by atoms with Gasteiger partial charge in [0.15, 0.2) is 0 Å². The second kappa shape index (κ2) is 5.93. The van der Waals surface area contributed by atoms with Crippen LogP contribution in [0.4, 0.5) is 14.9 Å². The normalized spacial score (nSPS) is 25.6. The number of non-ortho nitro benzene ring substituents is 1. The van der Waals surface area contributed by atoms with Gasteiger partial charge >= 0.3 is 6.09 Å². The Morgan fingerprint density at radius 3 is 2.52 bits per heavy atom. The summed E-state index contributed by atoms with van der Waals surface area (Å²) in [4.78, 5) is 25.5. The molecule has 0 bridgehead atoms. The number of halogens is 1. The van der Waals surface area contributed by atoms with E-state index in [0.29, 0.717) is 0 Å². The number of hydrogen-bond acceptors (Lipinski definition) is 6. The fourth-order valence-corrected chi connectivity index (χ4v) is 4.37. The zero-order valence-corrected chi connectivity index (χ0v) is 14.5. The van der Waals surface area contributed by atoms with Crippen LogP contribution in [-0.2, 0) is 5.54 Å². The lowest BCUT2D eigenvalue weighted by atomic mass is 9.92. The summed E-state index contributed by atoms with van der Waals surface area (Å²) >= 11 is 0. The predicted octanol–water partition coefficient (Wildman–Crippen LogP) is 3.16. The molecule has 11 heteroatoms. The zero-order valence-electron chi connectivity index (χ0n) is 13.7. The number of hydrogen-bond donors (Lipinski definition) is 4. The van der Waals surface area contributed by atoms with Crippen LogP contribution >= 0.6 is 10.6 Å². The van der Waals surface area contributed by atoms with Gasteiger partial charge in [-0.2, -0.15) is 10.6 Å². The second-order valence-electron chi connectivity index (χ2n) is 6.41. The third kappa shape index (κ3) is 3.30. The number of benzene rings is 1. The molecule has 1 aliphatic rings. The van der Waals surface area contributed by atoms with Crippen molar-refractivity contribution in [1.82, 2.24) is 5.32 Å². The lowest BCUT2D eigenvalue weighted by Gasteiger charge is -2.53. The molecule has 1 aliphatic heterocycles. The molecule has 1 aromatic rings. The molecule has 0 fully saturated rings. The number of nitro groups is 1. The number of nitro benzene ring substituents is 1. The first-order valence-corrected chi connectivity index (χ1v) is 8.82. The Morgan fingerprint density at radius 1 is 1.40 bits per heavy atom. The first kappa shape index (κ1) is 19.1. The number of rotatable bonds is 2. The maximum Gasteiger partial charge on any atom is 0.410 e. The van der Waals surface area contributed by atoms with Gasteiger partial charge in [0.2, 0.25) is 0 Å². The lowest BCUT2D eigenvalue weighted by molar-refractivity contribution is -0.385. The number of amidine groups is 1. The monoisotopic (exact) mass is 375 g/mol. The summed E-state index contributed by atoms with van der Waals surface area (Å²) < 4.78 is 33.9. The molecule has 0 saturated heterocycles. The summed E-state index contributed by atoms with van der Waals surface area (Å²) in [7, 11) is -3.45. The smallest absolute Gasteiger partial charge is 0.410 e. The van der Waals surface area contributed by atoms with E-state index in [4.69, 9.17) is 5.11 Å². The average molecular weight is 375 g/mol. The summed E-state index contributed by atoms with van der Waals surface area (Å²) in [6.07, 6.45) is -1.47. The van der Waals surface area contributed by atoms with Crippen LogP contribution in [0.15, 0.2) is 23.2 Å². The van der Waals surface area contributed by atoms with Crippen molar-refractivity contribution in [2.75, 3.05) is 5.75 Å². The Morgan fingerprint density at radius 2 is 2.00 bits per heavy atom. The van der Waals surface area contributed by atoms with Crippen molar-refractivity contribution in [2.45, 2.75) is 31.1 Å². The zero-order chi connectivity index (χ0) is 19.2. The Kier molecular flexibility index (Phi) is 4.53. The van der Waals surface area contributed by atoms with Crippen LogP contribution in [0.25, 0.3) is 0 Å². The molecule has 1 aromatic carbocycles. The van der Waals surface area contributed by atoms with E-state index >= 15 is 0 Å². The Labute approximate surface area is 144 Å². The minimum absolute atomic E-state index is 0.220. The molecule has 0 aromatic heterocycles. The SMILES string of the molecule is CC1(c2cc([N+](=O)[O-])ccc2F)CS(O)(O)C(C)(C)C(NC(=O)O)=N1. The van der Waals surface area contributed by atoms with Gasteiger partial charge in [0, 0.05) is 17.7 Å². The Balaban J connectivity index is 2.69. The van der Waals surface area contributed by atoms with E-state index in [-0.39, 0.29) is 17.1 Å². The fraction of sp³-hybridized carbons (Fsp3) is 0.429. The van der Waals surface area contributed by atoms with Crippen molar-refractivity contribution in [3.8, 4) is 0 Å². The minimum Gasteiger partial charge on any atom is -0.465 e. The van der Waals surface area contributed by atoms with E-state index in [0.717, 1.165) is 18.2 Å². The van der Waals surface area contributed by atoms with E-state index in [2.05, 4.69) is 4.99 Å². The van der Waals surface area contributed by atoms with Gasteiger partial charge in [0.05, 0.1) is 10.7 Å². The van der Waals surface area contributed by atoms with Gasteiger partial charge in [0.1, 0.15) is 21.9 Å². The molecule has 4 N–H and O–H groups in total. The van der Waals surface area contributed by atoms with Gasteiger partial charge in [-0.3, -0.25) is 29.5 Å². The van der Waals surface area contributed by atoms with Crippen molar-refractivity contribution in [2.24, 2.45) is 4.99 Å². The molecule has 138 valence electrons. The number of carbonyl (C=O) groups is 1. The van der Waals surface area contributed by atoms with Crippen LogP contribution < -0.4 is 5.32 Å². The van der Waals surface area contributed by atoms with Gasteiger partial charge in [-0.1, -0.05) is 0 Å².